The fourth-order valence-electron chi connectivity index (χ4n) is 1.59. The van der Waals surface area contributed by atoms with E-state index in [9.17, 15) is 4.79 Å². The number of unbranched alkanes of at least 4 members (excludes halogenated alkanes) is 2. The third-order valence-electron chi connectivity index (χ3n) is 2.49. The van der Waals surface area contributed by atoms with Gasteiger partial charge < -0.3 is 4.74 Å². The molecule has 0 heterocycles. The topological polar surface area (TPSA) is 26.3 Å². The average molecular weight is 206 g/mol. The predicted octanol–water partition coefficient (Wildman–Crippen LogP) is 3.24. The van der Waals surface area contributed by atoms with Crippen molar-refractivity contribution >= 4 is 6.29 Å². The van der Waals surface area contributed by atoms with Crippen molar-refractivity contribution in [3.63, 3.8) is 0 Å². The summed E-state index contributed by atoms with van der Waals surface area (Å²) in [7, 11) is 1.60. The van der Waals surface area contributed by atoms with E-state index < -0.39 is 0 Å². The summed E-state index contributed by atoms with van der Waals surface area (Å²) in [6.07, 6.45) is 5.55. The first kappa shape index (κ1) is 11.8. The van der Waals surface area contributed by atoms with Gasteiger partial charge in [0.15, 0.2) is 6.29 Å². The normalized spacial score (nSPS) is 10.0. The molecule has 0 aliphatic heterocycles. The molecule has 0 spiro atoms. The molecule has 0 aliphatic rings. The fourth-order valence-corrected chi connectivity index (χ4v) is 1.59. The van der Waals surface area contributed by atoms with Crippen LogP contribution in [0.25, 0.3) is 0 Å². The Labute approximate surface area is 91.3 Å². The predicted molar refractivity (Wildman–Crippen MR) is 61.6 cm³/mol. The lowest BCUT2D eigenvalue weighted by atomic mass is 10.0. The lowest BCUT2D eigenvalue weighted by molar-refractivity contribution is 0.112. The van der Waals surface area contributed by atoms with E-state index in [1.54, 1.807) is 7.11 Å². The summed E-state index contributed by atoms with van der Waals surface area (Å²) in [5.41, 5.74) is 1.86. The summed E-state index contributed by atoms with van der Waals surface area (Å²) < 4.78 is 5.15. The van der Waals surface area contributed by atoms with Gasteiger partial charge in [-0.15, -0.1) is 0 Å². The molecule has 0 saturated heterocycles. The molecule has 15 heavy (non-hydrogen) atoms. The second kappa shape index (κ2) is 6.23. The van der Waals surface area contributed by atoms with Gasteiger partial charge in [0.25, 0.3) is 0 Å². The highest BCUT2D eigenvalue weighted by Crippen LogP contribution is 2.19. The Kier molecular flexibility index (Phi) is 4.88. The van der Waals surface area contributed by atoms with Gasteiger partial charge in [0.05, 0.1) is 12.7 Å². The quantitative estimate of drug-likeness (QED) is 0.527. The van der Waals surface area contributed by atoms with Crippen LogP contribution in [0.4, 0.5) is 0 Å². The first-order valence-electron chi connectivity index (χ1n) is 5.44. The van der Waals surface area contributed by atoms with Gasteiger partial charge in [-0.3, -0.25) is 4.79 Å². The van der Waals surface area contributed by atoms with Crippen LogP contribution in [-0.4, -0.2) is 13.4 Å². The number of aryl methyl sites for hydroxylation is 1. The molecule has 2 nitrogen and oxygen atoms in total. The van der Waals surface area contributed by atoms with Gasteiger partial charge in [-0.2, -0.15) is 0 Å². The Morgan fingerprint density at radius 2 is 2.13 bits per heavy atom. The van der Waals surface area contributed by atoms with Gasteiger partial charge in [0, 0.05) is 0 Å². The lowest BCUT2D eigenvalue weighted by Gasteiger charge is -2.06. The number of ether oxygens (including phenoxy) is 1. The van der Waals surface area contributed by atoms with E-state index in [1.807, 2.05) is 18.2 Å². The van der Waals surface area contributed by atoms with Crippen LogP contribution in [0.5, 0.6) is 5.75 Å². The van der Waals surface area contributed by atoms with Crippen LogP contribution < -0.4 is 4.74 Å². The summed E-state index contributed by atoms with van der Waals surface area (Å²) in [6.45, 7) is 2.19. The third-order valence-corrected chi connectivity index (χ3v) is 2.49. The van der Waals surface area contributed by atoms with Crippen LogP contribution in [0.2, 0.25) is 0 Å². The number of aldehydes is 1. The van der Waals surface area contributed by atoms with Crippen molar-refractivity contribution in [3.8, 4) is 5.75 Å². The molecule has 0 aromatic heterocycles. The highest BCUT2D eigenvalue weighted by molar-refractivity contribution is 5.79. The molecule has 0 bridgehead atoms. The van der Waals surface area contributed by atoms with E-state index in [0.717, 1.165) is 12.7 Å². The SMILES string of the molecule is CCCCCc1ccc(C=O)c(OC)c1. The van der Waals surface area contributed by atoms with Crippen molar-refractivity contribution < 1.29 is 9.53 Å². The van der Waals surface area contributed by atoms with Crippen molar-refractivity contribution in [2.24, 2.45) is 0 Å². The van der Waals surface area contributed by atoms with Gasteiger partial charge in [0.1, 0.15) is 5.75 Å². The van der Waals surface area contributed by atoms with E-state index in [-0.39, 0.29) is 0 Å². The van der Waals surface area contributed by atoms with Crippen molar-refractivity contribution in [2.75, 3.05) is 7.11 Å². The second-order valence-corrected chi connectivity index (χ2v) is 3.65. The zero-order chi connectivity index (χ0) is 11.1. The molecule has 0 aliphatic carbocycles. The third kappa shape index (κ3) is 3.39. The molecular weight excluding hydrogens is 188 g/mol. The smallest absolute Gasteiger partial charge is 0.153 e. The van der Waals surface area contributed by atoms with Crippen molar-refractivity contribution in [2.45, 2.75) is 32.6 Å². The van der Waals surface area contributed by atoms with E-state index in [4.69, 9.17) is 4.74 Å². The number of hydrogen-bond acceptors (Lipinski definition) is 2. The maximum atomic E-state index is 10.7. The minimum atomic E-state index is 0.622. The Morgan fingerprint density at radius 1 is 1.33 bits per heavy atom. The minimum Gasteiger partial charge on any atom is -0.496 e. The average Bonchev–Trinajstić information content (AvgIpc) is 2.29. The summed E-state index contributed by atoms with van der Waals surface area (Å²) >= 11 is 0. The monoisotopic (exact) mass is 206 g/mol. The molecule has 0 atom stereocenters. The molecule has 0 unspecified atom stereocenters. The van der Waals surface area contributed by atoms with Gasteiger partial charge in [-0.25, -0.2) is 0 Å². The van der Waals surface area contributed by atoms with Crippen LogP contribution in [0, 0.1) is 0 Å². The fraction of sp³-hybridized carbons (Fsp3) is 0.462. The van der Waals surface area contributed by atoms with Crippen LogP contribution in [-0.2, 0) is 6.42 Å². The van der Waals surface area contributed by atoms with E-state index in [0.29, 0.717) is 11.3 Å². The maximum Gasteiger partial charge on any atom is 0.153 e. The molecule has 0 fully saturated rings. The molecule has 0 radical (unpaired) electrons. The summed E-state index contributed by atoms with van der Waals surface area (Å²) in [5, 5.41) is 0. The molecule has 82 valence electrons. The summed E-state index contributed by atoms with van der Waals surface area (Å²) in [4.78, 5) is 10.7. The van der Waals surface area contributed by atoms with E-state index in [1.165, 1.54) is 24.8 Å². The first-order chi connectivity index (χ1) is 7.31. The number of hydrogen-bond donors (Lipinski definition) is 0. The van der Waals surface area contributed by atoms with Crippen molar-refractivity contribution in [1.82, 2.24) is 0 Å². The van der Waals surface area contributed by atoms with Crippen LogP contribution in [0.1, 0.15) is 42.1 Å². The van der Waals surface area contributed by atoms with Gasteiger partial charge in [0.2, 0.25) is 0 Å². The highest BCUT2D eigenvalue weighted by atomic mass is 16.5. The molecule has 0 amide bonds. The standard InChI is InChI=1S/C13H18O2/c1-3-4-5-6-11-7-8-12(10-14)13(9-11)15-2/h7-10H,3-6H2,1-2H3. The van der Waals surface area contributed by atoms with E-state index >= 15 is 0 Å². The molecule has 0 saturated carbocycles. The highest BCUT2D eigenvalue weighted by Gasteiger charge is 2.02. The zero-order valence-corrected chi connectivity index (χ0v) is 9.45. The van der Waals surface area contributed by atoms with Crippen molar-refractivity contribution in [3.05, 3.63) is 29.3 Å². The zero-order valence-electron chi connectivity index (χ0n) is 9.45. The van der Waals surface area contributed by atoms with Crippen LogP contribution in [0.3, 0.4) is 0 Å². The number of benzene rings is 1. The van der Waals surface area contributed by atoms with Gasteiger partial charge in [-0.05, 0) is 30.5 Å². The Hall–Kier alpha value is -1.31. The largest absolute Gasteiger partial charge is 0.496 e. The number of carbonyl (C=O) groups excluding carboxylic acids is 1. The van der Waals surface area contributed by atoms with Crippen LogP contribution in [0.15, 0.2) is 18.2 Å². The Morgan fingerprint density at radius 3 is 2.73 bits per heavy atom. The molecule has 1 aromatic rings. The Balaban J connectivity index is 2.70. The number of methoxy groups -OCH3 is 1. The molecule has 2 heteroatoms. The number of rotatable bonds is 6. The molecule has 1 aromatic carbocycles. The lowest BCUT2D eigenvalue weighted by Crippen LogP contribution is -1.93. The molecule has 1 rings (SSSR count). The first-order valence-corrected chi connectivity index (χ1v) is 5.44. The van der Waals surface area contributed by atoms with Gasteiger partial charge in [-0.1, -0.05) is 25.8 Å². The van der Waals surface area contributed by atoms with Gasteiger partial charge >= 0.3 is 0 Å². The van der Waals surface area contributed by atoms with Crippen molar-refractivity contribution in [1.29, 1.82) is 0 Å². The molecule has 0 N–H and O–H groups in total. The van der Waals surface area contributed by atoms with Crippen LogP contribution >= 0.6 is 0 Å². The molecular formula is C13H18O2. The minimum absolute atomic E-state index is 0.622. The van der Waals surface area contributed by atoms with E-state index in [2.05, 4.69) is 6.92 Å². The summed E-state index contributed by atoms with van der Waals surface area (Å²) in [6, 6.07) is 5.79. The Bertz CT molecular complexity index is 318. The summed E-state index contributed by atoms with van der Waals surface area (Å²) in [5.74, 6) is 0.680. The second-order valence-electron chi connectivity index (χ2n) is 3.65. The number of carbonyl (C=O) groups is 1. The maximum absolute atomic E-state index is 10.7.